The molecule has 3 aromatic carbocycles. The van der Waals surface area contributed by atoms with Crippen molar-refractivity contribution in [3.05, 3.63) is 83.0 Å². The molecular formula is C26H23ClN5O4P. The van der Waals surface area contributed by atoms with E-state index in [1.165, 1.54) is 12.3 Å². The molecule has 9 nitrogen and oxygen atoms in total. The number of amides is 1. The molecule has 188 valence electrons. The molecule has 4 rings (SSSR count). The van der Waals surface area contributed by atoms with Gasteiger partial charge in [0.2, 0.25) is 11.3 Å². The first-order valence-electron chi connectivity index (χ1n) is 11.1. The second kappa shape index (κ2) is 11.3. The molecule has 0 saturated carbocycles. The number of hydrogen-bond donors (Lipinski definition) is 3. The fourth-order valence-corrected chi connectivity index (χ4v) is 4.39. The highest BCUT2D eigenvalue weighted by Crippen LogP contribution is 2.36. The van der Waals surface area contributed by atoms with Crippen LogP contribution >= 0.6 is 19.6 Å². The molecule has 1 unspecified atom stereocenters. The topological polar surface area (TPSA) is 128 Å². The number of halogens is 1. The molecule has 0 saturated heterocycles. The Kier molecular flexibility index (Phi) is 7.98. The van der Waals surface area contributed by atoms with Gasteiger partial charge in [-0.15, -0.1) is 0 Å². The van der Waals surface area contributed by atoms with Crippen LogP contribution in [-0.2, 0) is 4.57 Å². The number of rotatable bonds is 8. The first-order chi connectivity index (χ1) is 17.8. The summed E-state index contributed by atoms with van der Waals surface area (Å²) in [5.74, 6) is 0.878. The van der Waals surface area contributed by atoms with Gasteiger partial charge in [-0.3, -0.25) is 4.79 Å². The van der Waals surface area contributed by atoms with Gasteiger partial charge in [-0.05, 0) is 60.0 Å². The summed E-state index contributed by atoms with van der Waals surface area (Å²) in [4.78, 5) is 32.1. The zero-order chi connectivity index (χ0) is 26.5. The summed E-state index contributed by atoms with van der Waals surface area (Å²) in [5.41, 5.74) is 4.38. The Bertz CT molecular complexity index is 1480. The van der Waals surface area contributed by atoms with E-state index in [0.717, 1.165) is 16.7 Å². The molecule has 0 bridgehead atoms. The van der Waals surface area contributed by atoms with Crippen molar-refractivity contribution in [1.82, 2.24) is 15.3 Å². The maximum absolute atomic E-state index is 11.8. The summed E-state index contributed by atoms with van der Waals surface area (Å²) >= 11 is 6.28. The van der Waals surface area contributed by atoms with Crippen molar-refractivity contribution < 1.29 is 19.0 Å². The molecule has 1 amide bonds. The molecule has 1 atom stereocenters. The molecule has 0 fully saturated rings. The fraction of sp³-hybridized carbons (Fsp3) is 0.115. The SMILES string of the molecule is CNC(=O)c1ccc(-c2cc(OC)c(Nc3ncc(Cl)c(Nc4ccccc4[P+](=O)[O-])n3)cc2C)cc1. The van der Waals surface area contributed by atoms with E-state index in [2.05, 4.69) is 25.9 Å². The third kappa shape index (κ3) is 5.86. The maximum atomic E-state index is 11.8. The predicted octanol–water partition coefficient (Wildman–Crippen LogP) is 4.69. The average molecular weight is 536 g/mol. The molecule has 1 heterocycles. The Balaban J connectivity index is 1.63. The highest BCUT2D eigenvalue weighted by atomic mass is 35.5. The number of methoxy groups -OCH3 is 1. The number of carbonyl (C=O) groups is 1. The van der Waals surface area contributed by atoms with Crippen molar-refractivity contribution in [2.45, 2.75) is 6.92 Å². The average Bonchev–Trinajstić information content (AvgIpc) is 2.90. The normalized spacial score (nSPS) is 11.0. The highest BCUT2D eigenvalue weighted by molar-refractivity contribution is 7.46. The van der Waals surface area contributed by atoms with Crippen LogP contribution in [0.1, 0.15) is 15.9 Å². The third-order valence-electron chi connectivity index (χ3n) is 5.58. The van der Waals surface area contributed by atoms with Crippen LogP contribution in [0, 0.1) is 6.92 Å². The van der Waals surface area contributed by atoms with Gasteiger partial charge < -0.3 is 25.6 Å². The van der Waals surface area contributed by atoms with Gasteiger partial charge in [-0.1, -0.05) is 40.4 Å². The Morgan fingerprint density at radius 3 is 2.46 bits per heavy atom. The lowest BCUT2D eigenvalue weighted by molar-refractivity contribution is -0.160. The fourth-order valence-electron chi connectivity index (χ4n) is 3.71. The zero-order valence-corrected chi connectivity index (χ0v) is 21.9. The quantitative estimate of drug-likeness (QED) is 0.277. The molecule has 4 aromatic rings. The minimum atomic E-state index is -2.81. The van der Waals surface area contributed by atoms with E-state index >= 15 is 0 Å². The second-order valence-electron chi connectivity index (χ2n) is 7.94. The molecule has 0 aliphatic carbocycles. The van der Waals surface area contributed by atoms with Crippen molar-refractivity contribution in [2.75, 3.05) is 24.8 Å². The van der Waals surface area contributed by atoms with Gasteiger partial charge in [0, 0.05) is 12.6 Å². The monoisotopic (exact) mass is 535 g/mol. The van der Waals surface area contributed by atoms with Crippen molar-refractivity contribution in [3.8, 4) is 16.9 Å². The van der Waals surface area contributed by atoms with Crippen molar-refractivity contribution in [3.63, 3.8) is 0 Å². The summed E-state index contributed by atoms with van der Waals surface area (Å²) in [7, 11) is 0.343. The number of aryl methyl sites for hydroxylation is 1. The lowest BCUT2D eigenvalue weighted by Crippen LogP contribution is -2.17. The first kappa shape index (κ1) is 26.0. The molecule has 3 N–H and O–H groups in total. The number of anilines is 4. The van der Waals surface area contributed by atoms with Gasteiger partial charge >= 0.3 is 8.03 Å². The van der Waals surface area contributed by atoms with Crippen LogP contribution in [0.3, 0.4) is 0 Å². The molecule has 0 radical (unpaired) electrons. The summed E-state index contributed by atoms with van der Waals surface area (Å²) in [6.45, 7) is 1.96. The van der Waals surface area contributed by atoms with Gasteiger partial charge in [0.05, 0.1) is 24.7 Å². The number of para-hydroxylation sites is 1. The van der Waals surface area contributed by atoms with E-state index in [9.17, 15) is 14.3 Å². The Morgan fingerprint density at radius 2 is 1.78 bits per heavy atom. The van der Waals surface area contributed by atoms with E-state index in [0.29, 0.717) is 22.7 Å². The number of ether oxygens (including phenoxy) is 1. The van der Waals surface area contributed by atoms with E-state index in [1.54, 1.807) is 44.5 Å². The van der Waals surface area contributed by atoms with Crippen LogP contribution in [-0.4, -0.2) is 30.0 Å². The van der Waals surface area contributed by atoms with Gasteiger partial charge in [0.15, 0.2) is 5.82 Å². The van der Waals surface area contributed by atoms with Crippen molar-refractivity contribution >= 4 is 54.0 Å². The highest BCUT2D eigenvalue weighted by Gasteiger charge is 2.17. The lowest BCUT2D eigenvalue weighted by Gasteiger charge is -2.16. The van der Waals surface area contributed by atoms with E-state index in [1.807, 2.05) is 31.2 Å². The summed E-state index contributed by atoms with van der Waals surface area (Å²) in [6, 6.07) is 17.6. The number of benzene rings is 3. The predicted molar refractivity (Wildman–Crippen MR) is 144 cm³/mol. The minimum Gasteiger partial charge on any atom is -0.591 e. The third-order valence-corrected chi connectivity index (χ3v) is 6.64. The van der Waals surface area contributed by atoms with Crippen LogP contribution < -0.4 is 30.9 Å². The standard InChI is InChI=1S/C26H23ClN5O4P/c1-15-12-21(22(36-3)13-18(15)16-8-10-17(11-9-16)25(33)28-2)31-26-29-14-19(27)24(32-26)30-20-6-4-5-7-23(20)37(34)35/h4-14H,1-3H3,(H,28,33)(H2,29,30,31,32). The largest absolute Gasteiger partial charge is 0.591 e. The first-order valence-corrected chi connectivity index (χ1v) is 12.7. The Morgan fingerprint density at radius 1 is 1.05 bits per heavy atom. The molecule has 11 heteroatoms. The van der Waals surface area contributed by atoms with Crippen molar-refractivity contribution in [2.24, 2.45) is 0 Å². The van der Waals surface area contributed by atoms with Gasteiger partial charge in [-0.25, -0.2) is 4.98 Å². The number of aromatic nitrogens is 2. The van der Waals surface area contributed by atoms with Gasteiger partial charge in [0.1, 0.15) is 10.8 Å². The summed E-state index contributed by atoms with van der Waals surface area (Å²) in [6.07, 6.45) is 1.42. The van der Waals surface area contributed by atoms with Gasteiger partial charge in [0.25, 0.3) is 5.91 Å². The minimum absolute atomic E-state index is 0.123. The number of carbonyl (C=O) groups excluding carboxylic acids is 1. The molecule has 0 spiro atoms. The van der Waals surface area contributed by atoms with Crippen molar-refractivity contribution in [1.29, 1.82) is 0 Å². The Hall–Kier alpha value is -4.04. The smallest absolute Gasteiger partial charge is 0.350 e. The van der Waals surface area contributed by atoms with E-state index in [4.69, 9.17) is 16.3 Å². The van der Waals surface area contributed by atoms with E-state index < -0.39 is 8.03 Å². The van der Waals surface area contributed by atoms with Crippen LogP contribution in [0.15, 0.2) is 66.9 Å². The maximum Gasteiger partial charge on any atom is 0.350 e. The molecule has 0 aliphatic rings. The lowest BCUT2D eigenvalue weighted by atomic mass is 9.98. The second-order valence-corrected chi connectivity index (χ2v) is 9.34. The summed E-state index contributed by atoms with van der Waals surface area (Å²) < 4.78 is 17.2. The number of hydrogen-bond acceptors (Lipinski definition) is 8. The zero-order valence-electron chi connectivity index (χ0n) is 20.2. The van der Waals surface area contributed by atoms with E-state index in [-0.39, 0.29) is 28.0 Å². The van der Waals surface area contributed by atoms with Gasteiger partial charge in [-0.2, -0.15) is 4.98 Å². The molecule has 0 aliphatic heterocycles. The van der Waals surface area contributed by atoms with Crippen LogP contribution in [0.25, 0.3) is 11.1 Å². The molecule has 37 heavy (non-hydrogen) atoms. The Labute approximate surface area is 219 Å². The summed E-state index contributed by atoms with van der Waals surface area (Å²) in [5, 5.41) is 9.07. The van der Waals surface area contributed by atoms with Crippen LogP contribution in [0.2, 0.25) is 5.02 Å². The number of nitrogens with one attached hydrogen (secondary N) is 3. The van der Waals surface area contributed by atoms with Crippen LogP contribution in [0.4, 0.5) is 23.1 Å². The van der Waals surface area contributed by atoms with Crippen LogP contribution in [0.5, 0.6) is 5.75 Å². The number of nitrogens with zero attached hydrogens (tertiary/aromatic N) is 2. The molecular weight excluding hydrogens is 513 g/mol. The molecule has 1 aromatic heterocycles.